The Morgan fingerprint density at radius 1 is 1.00 bits per heavy atom. The summed E-state index contributed by atoms with van der Waals surface area (Å²) in [4.78, 5) is 27.2. The van der Waals surface area contributed by atoms with Gasteiger partial charge in [0.25, 0.3) is 5.91 Å². The average Bonchev–Trinajstić information content (AvgIpc) is 3.65. The number of carbonyl (C=O) groups excluding carboxylic acids is 2. The van der Waals surface area contributed by atoms with Gasteiger partial charge in [-0.05, 0) is 48.9 Å². The Bertz CT molecular complexity index is 1140. The summed E-state index contributed by atoms with van der Waals surface area (Å²) < 4.78 is 45.9. The Labute approximate surface area is 194 Å². The fourth-order valence-corrected chi connectivity index (χ4v) is 5.29. The van der Waals surface area contributed by atoms with Crippen molar-refractivity contribution < 1.29 is 32.7 Å². The molecule has 0 unspecified atom stereocenters. The molecule has 0 bridgehead atoms. The maximum Gasteiger partial charge on any atom is 0.416 e. The van der Waals surface area contributed by atoms with Gasteiger partial charge in [-0.25, -0.2) is 5.48 Å². The van der Waals surface area contributed by atoms with Gasteiger partial charge in [0.1, 0.15) is 11.4 Å². The van der Waals surface area contributed by atoms with E-state index in [-0.39, 0.29) is 11.5 Å². The molecule has 0 atom stereocenters. The van der Waals surface area contributed by atoms with Gasteiger partial charge in [-0.2, -0.15) is 13.2 Å². The SMILES string of the molecule is O=C(NO)c1cccc2c1OC1(CC2)CCN(C(=O)C2(c3cccc(C(F)(F)F)c3)CC2)CC1. The molecule has 1 spiro atoms. The van der Waals surface area contributed by atoms with Gasteiger partial charge in [-0.1, -0.05) is 30.3 Å². The number of aryl methyl sites for hydroxylation is 1. The molecule has 2 N–H and O–H groups in total. The molecule has 1 saturated carbocycles. The van der Waals surface area contributed by atoms with Gasteiger partial charge in [0.15, 0.2) is 0 Å². The number of ether oxygens (including phenoxy) is 1. The Morgan fingerprint density at radius 2 is 1.71 bits per heavy atom. The molecule has 1 aliphatic carbocycles. The van der Waals surface area contributed by atoms with Crippen LogP contribution >= 0.6 is 0 Å². The normalized spacial score (nSPS) is 20.3. The molecule has 34 heavy (non-hydrogen) atoms. The summed E-state index contributed by atoms with van der Waals surface area (Å²) in [6, 6.07) is 10.3. The Morgan fingerprint density at radius 3 is 2.35 bits per heavy atom. The minimum Gasteiger partial charge on any atom is -0.486 e. The second-order valence-electron chi connectivity index (χ2n) is 9.47. The molecule has 3 aliphatic rings. The Kier molecular flexibility index (Phi) is 5.35. The topological polar surface area (TPSA) is 78.9 Å². The van der Waals surface area contributed by atoms with Crippen LogP contribution in [-0.2, 0) is 22.8 Å². The number of halogens is 3. The number of fused-ring (bicyclic) bond motifs is 1. The van der Waals surface area contributed by atoms with Gasteiger partial charge in [0, 0.05) is 25.9 Å². The highest BCUT2D eigenvalue weighted by atomic mass is 19.4. The minimum absolute atomic E-state index is 0.127. The quantitative estimate of drug-likeness (QED) is 0.515. The highest BCUT2D eigenvalue weighted by Gasteiger charge is 2.54. The Balaban J connectivity index is 1.31. The molecule has 2 aliphatic heterocycles. The molecule has 1 saturated heterocycles. The van der Waals surface area contributed by atoms with E-state index < -0.39 is 28.7 Å². The predicted molar refractivity (Wildman–Crippen MR) is 116 cm³/mol. The van der Waals surface area contributed by atoms with Crippen LogP contribution in [0.5, 0.6) is 5.75 Å². The highest BCUT2D eigenvalue weighted by Crippen LogP contribution is 2.51. The van der Waals surface area contributed by atoms with E-state index in [1.807, 2.05) is 6.07 Å². The molecular weight excluding hydrogens is 449 g/mol. The fourth-order valence-electron chi connectivity index (χ4n) is 5.29. The van der Waals surface area contributed by atoms with E-state index in [1.54, 1.807) is 28.6 Å². The number of piperidine rings is 1. The van der Waals surface area contributed by atoms with Crippen molar-refractivity contribution >= 4 is 11.8 Å². The molecule has 2 amide bonds. The first-order valence-electron chi connectivity index (χ1n) is 11.4. The van der Waals surface area contributed by atoms with Crippen LogP contribution in [0.15, 0.2) is 42.5 Å². The molecular formula is C25H25F3N2O4. The van der Waals surface area contributed by atoms with Gasteiger partial charge in [-0.15, -0.1) is 0 Å². The van der Waals surface area contributed by atoms with Gasteiger partial charge in [0.05, 0.1) is 16.5 Å². The van der Waals surface area contributed by atoms with Crippen LogP contribution in [0.3, 0.4) is 0 Å². The maximum atomic E-state index is 13.4. The zero-order valence-electron chi connectivity index (χ0n) is 18.5. The van der Waals surface area contributed by atoms with Crippen LogP contribution in [0.2, 0.25) is 0 Å². The van der Waals surface area contributed by atoms with Crippen LogP contribution in [0.4, 0.5) is 13.2 Å². The van der Waals surface area contributed by atoms with Crippen molar-refractivity contribution in [3.63, 3.8) is 0 Å². The minimum atomic E-state index is -4.45. The molecule has 2 fully saturated rings. The lowest BCUT2D eigenvalue weighted by molar-refractivity contribution is -0.139. The summed E-state index contributed by atoms with van der Waals surface area (Å²) in [5.74, 6) is -0.306. The van der Waals surface area contributed by atoms with Crippen LogP contribution < -0.4 is 10.2 Å². The van der Waals surface area contributed by atoms with Gasteiger partial charge in [-0.3, -0.25) is 14.8 Å². The van der Waals surface area contributed by atoms with Crippen LogP contribution in [-0.4, -0.2) is 40.6 Å². The number of hydrogen-bond acceptors (Lipinski definition) is 4. The summed E-state index contributed by atoms with van der Waals surface area (Å²) in [5.41, 5.74) is 1.10. The van der Waals surface area contributed by atoms with E-state index in [4.69, 9.17) is 9.94 Å². The number of amides is 2. The molecule has 2 aromatic rings. The number of nitrogens with zero attached hydrogens (tertiary/aromatic N) is 1. The lowest BCUT2D eigenvalue weighted by Gasteiger charge is -2.45. The summed E-state index contributed by atoms with van der Waals surface area (Å²) >= 11 is 0. The van der Waals surface area contributed by atoms with Crippen molar-refractivity contribution in [1.29, 1.82) is 0 Å². The van der Waals surface area contributed by atoms with E-state index in [2.05, 4.69) is 0 Å². The molecule has 6 nitrogen and oxygen atoms in total. The van der Waals surface area contributed by atoms with Gasteiger partial charge in [0.2, 0.25) is 5.91 Å². The average molecular weight is 474 g/mol. The standard InChI is InChI=1S/C25H25F3N2O4/c26-25(27,28)18-5-2-4-17(15-18)24(9-10-24)22(32)30-13-11-23(12-14-30)8-7-16-3-1-6-19(20(16)34-23)21(31)29-33/h1-6,15,33H,7-14H2,(H,29,31). The fraction of sp³-hybridized carbons (Fsp3) is 0.440. The second-order valence-corrected chi connectivity index (χ2v) is 9.47. The number of likely N-dealkylation sites (tertiary alicyclic amines) is 1. The number of hydrogen-bond donors (Lipinski definition) is 2. The molecule has 2 aromatic carbocycles. The lowest BCUT2D eigenvalue weighted by atomic mass is 9.82. The third-order valence-electron chi connectivity index (χ3n) is 7.48. The highest BCUT2D eigenvalue weighted by molar-refractivity contribution is 5.96. The number of nitrogens with one attached hydrogen (secondary N) is 1. The van der Waals surface area contributed by atoms with Crippen molar-refractivity contribution in [3.05, 3.63) is 64.7 Å². The van der Waals surface area contributed by atoms with Crippen LogP contribution in [0.1, 0.15) is 59.2 Å². The third-order valence-corrected chi connectivity index (χ3v) is 7.48. The second kappa shape index (κ2) is 8.01. The number of alkyl halides is 3. The molecule has 2 heterocycles. The molecule has 5 rings (SSSR count). The number of benzene rings is 2. The molecule has 0 aromatic heterocycles. The summed E-state index contributed by atoms with van der Waals surface area (Å²) in [6.07, 6.45) is -0.795. The van der Waals surface area contributed by atoms with Crippen LogP contribution in [0.25, 0.3) is 0 Å². The monoisotopic (exact) mass is 474 g/mol. The molecule has 180 valence electrons. The summed E-state index contributed by atoms with van der Waals surface area (Å²) in [5, 5.41) is 9.06. The largest absolute Gasteiger partial charge is 0.486 e. The molecule has 0 radical (unpaired) electrons. The summed E-state index contributed by atoms with van der Waals surface area (Å²) in [7, 11) is 0. The Hall–Kier alpha value is -3.07. The van der Waals surface area contributed by atoms with Crippen molar-refractivity contribution in [3.8, 4) is 5.75 Å². The maximum absolute atomic E-state index is 13.4. The number of carbonyl (C=O) groups is 2. The first-order chi connectivity index (χ1) is 16.2. The van der Waals surface area contributed by atoms with E-state index in [9.17, 15) is 22.8 Å². The van der Waals surface area contributed by atoms with Crippen molar-refractivity contribution in [2.75, 3.05) is 13.1 Å². The van der Waals surface area contributed by atoms with E-state index in [1.165, 1.54) is 6.07 Å². The molecule has 9 heteroatoms. The predicted octanol–water partition coefficient (Wildman–Crippen LogP) is 4.24. The number of rotatable bonds is 3. The zero-order valence-corrected chi connectivity index (χ0v) is 18.5. The van der Waals surface area contributed by atoms with E-state index in [0.29, 0.717) is 56.5 Å². The van der Waals surface area contributed by atoms with Crippen molar-refractivity contribution in [1.82, 2.24) is 10.4 Å². The number of para-hydroxylation sites is 1. The first-order valence-corrected chi connectivity index (χ1v) is 11.4. The summed E-state index contributed by atoms with van der Waals surface area (Å²) in [6.45, 7) is 0.868. The van der Waals surface area contributed by atoms with E-state index in [0.717, 1.165) is 24.1 Å². The van der Waals surface area contributed by atoms with Gasteiger partial charge < -0.3 is 9.64 Å². The van der Waals surface area contributed by atoms with Crippen molar-refractivity contribution in [2.45, 2.75) is 55.7 Å². The van der Waals surface area contributed by atoms with Gasteiger partial charge >= 0.3 is 6.18 Å². The van der Waals surface area contributed by atoms with E-state index >= 15 is 0 Å². The first kappa shape index (κ1) is 22.7. The zero-order chi connectivity index (χ0) is 24.1. The third kappa shape index (κ3) is 3.81. The smallest absolute Gasteiger partial charge is 0.416 e. The number of hydroxylamine groups is 1. The van der Waals surface area contributed by atoms with Crippen LogP contribution in [0, 0.1) is 0 Å². The lowest BCUT2D eigenvalue weighted by Crippen LogP contribution is -2.53. The van der Waals surface area contributed by atoms with Crippen molar-refractivity contribution in [2.24, 2.45) is 0 Å².